The Balaban J connectivity index is 1.34. The number of nitrogens with zero attached hydrogens (tertiary/aromatic N) is 3. The van der Waals surface area contributed by atoms with Crippen molar-refractivity contribution >= 4 is 54.2 Å². The first kappa shape index (κ1) is 22.0. The molecule has 2 saturated heterocycles. The van der Waals surface area contributed by atoms with Gasteiger partial charge in [-0.15, -0.1) is 0 Å². The monoisotopic (exact) mass is 470 g/mol. The van der Waals surface area contributed by atoms with Crippen LogP contribution in [-0.2, 0) is 14.8 Å². The third-order valence-electron chi connectivity index (χ3n) is 6.24. The number of nitrogens with one attached hydrogen (secondary N) is 1. The zero-order valence-electron chi connectivity index (χ0n) is 17.4. The molecule has 1 N–H and O–H groups in total. The Hall–Kier alpha value is -1.26. The maximum absolute atomic E-state index is 12.5. The number of carbonyl (C=O) groups excluding carboxylic acids is 1. The molecule has 10 heteroatoms. The average molecular weight is 471 g/mol. The Labute approximate surface area is 186 Å². The van der Waals surface area contributed by atoms with Gasteiger partial charge >= 0.3 is 0 Å². The van der Waals surface area contributed by atoms with Crippen molar-refractivity contribution in [3.8, 4) is 0 Å². The molecule has 0 atom stereocenters. The van der Waals surface area contributed by atoms with Gasteiger partial charge in [-0.3, -0.25) is 9.69 Å². The van der Waals surface area contributed by atoms with Gasteiger partial charge in [-0.05, 0) is 69.8 Å². The van der Waals surface area contributed by atoms with Crippen LogP contribution in [0.1, 0.15) is 33.1 Å². The minimum atomic E-state index is -3.23. The number of rotatable bonds is 4. The number of thiazole rings is 1. The van der Waals surface area contributed by atoms with E-state index in [1.807, 2.05) is 26.0 Å². The van der Waals surface area contributed by atoms with E-state index in [-0.39, 0.29) is 16.9 Å². The van der Waals surface area contributed by atoms with Gasteiger partial charge in [0.05, 0.1) is 23.0 Å². The molecule has 0 saturated carbocycles. The number of benzene rings is 1. The zero-order valence-corrected chi connectivity index (χ0v) is 19.8. The second-order valence-corrected chi connectivity index (χ2v) is 12.6. The van der Waals surface area contributed by atoms with E-state index in [0.717, 1.165) is 42.6 Å². The van der Waals surface area contributed by atoms with Crippen molar-refractivity contribution in [3.05, 3.63) is 23.2 Å². The fourth-order valence-corrected chi connectivity index (χ4v) is 7.61. The normalized spacial score (nSPS) is 22.0. The van der Waals surface area contributed by atoms with Crippen LogP contribution in [0.15, 0.2) is 18.2 Å². The van der Waals surface area contributed by atoms with Crippen LogP contribution in [0.3, 0.4) is 0 Å². The van der Waals surface area contributed by atoms with Gasteiger partial charge in [0.15, 0.2) is 5.13 Å². The van der Waals surface area contributed by atoms with Crippen molar-refractivity contribution in [3.63, 3.8) is 0 Å². The number of piperidine rings is 1. The molecule has 1 spiro atoms. The zero-order chi connectivity index (χ0) is 21.7. The van der Waals surface area contributed by atoms with Crippen LogP contribution in [0.4, 0.5) is 5.13 Å². The maximum Gasteiger partial charge on any atom is 0.240 e. The Morgan fingerprint density at radius 3 is 2.63 bits per heavy atom. The molecule has 1 aromatic carbocycles. The highest BCUT2D eigenvalue weighted by Gasteiger charge is 2.52. The summed E-state index contributed by atoms with van der Waals surface area (Å²) in [6.45, 7) is 6.48. The van der Waals surface area contributed by atoms with Crippen LogP contribution in [0.25, 0.3) is 10.2 Å². The van der Waals surface area contributed by atoms with Gasteiger partial charge in [-0.2, -0.15) is 4.31 Å². The van der Waals surface area contributed by atoms with E-state index in [1.165, 1.54) is 17.6 Å². The lowest BCUT2D eigenvalue weighted by molar-refractivity contribution is -0.117. The predicted octanol–water partition coefficient (Wildman–Crippen LogP) is 3.41. The van der Waals surface area contributed by atoms with E-state index >= 15 is 0 Å². The number of halogens is 1. The van der Waals surface area contributed by atoms with Crippen LogP contribution in [0, 0.1) is 5.41 Å². The summed E-state index contributed by atoms with van der Waals surface area (Å²) >= 11 is 7.42. The molecule has 2 aliphatic rings. The molecule has 4 rings (SSSR count). The van der Waals surface area contributed by atoms with E-state index < -0.39 is 10.0 Å². The minimum Gasteiger partial charge on any atom is -0.301 e. The lowest BCUT2D eigenvalue weighted by atomic mass is 9.74. The number of hydrogen-bond donors (Lipinski definition) is 1. The highest BCUT2D eigenvalue weighted by molar-refractivity contribution is 7.88. The summed E-state index contributed by atoms with van der Waals surface area (Å²) in [7, 11) is -3.23. The Morgan fingerprint density at radius 1 is 1.30 bits per heavy atom. The van der Waals surface area contributed by atoms with Gasteiger partial charge in [-0.1, -0.05) is 22.9 Å². The number of aromatic nitrogens is 1. The van der Waals surface area contributed by atoms with Crippen LogP contribution < -0.4 is 5.32 Å². The van der Waals surface area contributed by atoms with Crippen LogP contribution in [0.2, 0.25) is 5.02 Å². The first-order valence-electron chi connectivity index (χ1n) is 10.0. The number of carbonyl (C=O) groups is 1. The van der Waals surface area contributed by atoms with Gasteiger partial charge in [0.1, 0.15) is 0 Å². The summed E-state index contributed by atoms with van der Waals surface area (Å²) in [5, 5.41) is 4.12. The number of likely N-dealkylation sites (tertiary alicyclic amines) is 1. The highest BCUT2D eigenvalue weighted by atomic mass is 35.5. The standard InChI is InChI=1S/C20H27ClN4O3S2/c1-19(2)12-20(13-25(19)30(3,27)28)6-8-24(9-7-20)11-17(26)23-18-22-15-5-4-14(21)10-16(15)29-18/h4-5,10H,6-9,11-13H2,1-3H3,(H,22,23,26). The van der Waals surface area contributed by atoms with Crippen molar-refractivity contribution in [1.82, 2.24) is 14.2 Å². The Bertz CT molecular complexity index is 1070. The number of sulfonamides is 1. The van der Waals surface area contributed by atoms with Gasteiger partial charge in [0.2, 0.25) is 15.9 Å². The molecule has 2 aliphatic heterocycles. The van der Waals surface area contributed by atoms with Crippen LogP contribution in [-0.4, -0.2) is 66.5 Å². The van der Waals surface area contributed by atoms with E-state index in [4.69, 9.17) is 11.6 Å². The summed E-state index contributed by atoms with van der Waals surface area (Å²) in [4.78, 5) is 19.1. The molecule has 3 heterocycles. The van der Waals surface area contributed by atoms with E-state index in [0.29, 0.717) is 23.2 Å². The molecule has 2 fully saturated rings. The molecule has 30 heavy (non-hydrogen) atoms. The average Bonchev–Trinajstić information content (AvgIpc) is 3.13. The lowest BCUT2D eigenvalue weighted by Gasteiger charge is -2.39. The SMILES string of the molecule is CC1(C)CC2(CCN(CC(=O)Nc3nc4ccc(Cl)cc4s3)CC2)CN1S(C)(=O)=O. The highest BCUT2D eigenvalue weighted by Crippen LogP contribution is 2.48. The summed E-state index contributed by atoms with van der Waals surface area (Å²) in [5.41, 5.74) is 0.466. The molecule has 164 valence electrons. The Morgan fingerprint density at radius 2 is 2.00 bits per heavy atom. The summed E-state index contributed by atoms with van der Waals surface area (Å²) in [5.74, 6) is -0.0828. The first-order valence-corrected chi connectivity index (χ1v) is 13.1. The van der Waals surface area contributed by atoms with E-state index in [9.17, 15) is 13.2 Å². The van der Waals surface area contributed by atoms with Crippen molar-refractivity contribution in [2.45, 2.75) is 38.6 Å². The van der Waals surface area contributed by atoms with Gasteiger partial charge in [-0.25, -0.2) is 13.4 Å². The predicted molar refractivity (Wildman–Crippen MR) is 122 cm³/mol. The van der Waals surface area contributed by atoms with E-state index in [1.54, 1.807) is 10.4 Å². The Kier molecular flexibility index (Phi) is 5.64. The molecule has 1 amide bonds. The van der Waals surface area contributed by atoms with Crippen molar-refractivity contribution in [2.24, 2.45) is 5.41 Å². The molecular formula is C20H27ClN4O3S2. The molecule has 0 aliphatic carbocycles. The summed E-state index contributed by atoms with van der Waals surface area (Å²) < 4.78 is 27.0. The fourth-order valence-electron chi connectivity index (χ4n) is 4.98. The van der Waals surface area contributed by atoms with E-state index in [2.05, 4.69) is 15.2 Å². The van der Waals surface area contributed by atoms with Gasteiger partial charge in [0.25, 0.3) is 0 Å². The number of anilines is 1. The number of fused-ring (bicyclic) bond motifs is 1. The van der Waals surface area contributed by atoms with Crippen molar-refractivity contribution in [1.29, 1.82) is 0 Å². The molecule has 7 nitrogen and oxygen atoms in total. The minimum absolute atomic E-state index is 0.00581. The van der Waals surface area contributed by atoms with Crippen LogP contribution in [0.5, 0.6) is 0 Å². The van der Waals surface area contributed by atoms with Gasteiger partial charge in [0, 0.05) is 17.1 Å². The first-order chi connectivity index (χ1) is 14.0. The number of hydrogen-bond acceptors (Lipinski definition) is 6. The third kappa shape index (κ3) is 4.50. The molecular weight excluding hydrogens is 444 g/mol. The van der Waals surface area contributed by atoms with Gasteiger partial charge < -0.3 is 5.32 Å². The molecule has 0 unspecified atom stereocenters. The lowest BCUT2D eigenvalue weighted by Crippen LogP contribution is -2.45. The second-order valence-electron chi connectivity index (χ2n) is 9.21. The summed E-state index contributed by atoms with van der Waals surface area (Å²) in [6, 6.07) is 5.47. The topological polar surface area (TPSA) is 82.6 Å². The smallest absolute Gasteiger partial charge is 0.240 e. The molecule has 0 radical (unpaired) electrons. The van der Waals surface area contributed by atoms with Crippen LogP contribution >= 0.6 is 22.9 Å². The van der Waals surface area contributed by atoms with Crippen molar-refractivity contribution < 1.29 is 13.2 Å². The molecule has 1 aromatic heterocycles. The summed E-state index contributed by atoms with van der Waals surface area (Å²) in [6.07, 6.45) is 3.95. The largest absolute Gasteiger partial charge is 0.301 e. The maximum atomic E-state index is 12.5. The van der Waals surface area contributed by atoms with Crippen molar-refractivity contribution in [2.75, 3.05) is 37.8 Å². The number of amides is 1. The second kappa shape index (κ2) is 7.70. The third-order valence-corrected chi connectivity index (χ3v) is 8.84. The fraction of sp³-hybridized carbons (Fsp3) is 0.600. The molecule has 0 bridgehead atoms. The molecule has 2 aromatic rings. The quantitative estimate of drug-likeness (QED) is 0.740.